The van der Waals surface area contributed by atoms with Gasteiger partial charge >= 0.3 is 0 Å². The zero-order valence-corrected chi connectivity index (χ0v) is 38.0. The van der Waals surface area contributed by atoms with E-state index in [-0.39, 0.29) is 31.1 Å². The molecule has 4 aromatic heterocycles. The lowest BCUT2D eigenvalue weighted by Gasteiger charge is -2.31. The number of alkyl halides is 1. The number of amides is 2. The summed E-state index contributed by atoms with van der Waals surface area (Å²) in [6, 6.07) is 15.8. The number of hydrogen-bond acceptors (Lipinski definition) is 10. The Bertz CT molecular complexity index is 2430. The first-order valence-electron chi connectivity index (χ1n) is 20.5. The zero-order valence-electron chi connectivity index (χ0n) is 34.9. The van der Waals surface area contributed by atoms with Gasteiger partial charge in [0.2, 0.25) is 0 Å². The van der Waals surface area contributed by atoms with Gasteiger partial charge in [0.05, 0.1) is 68.6 Å². The minimum Gasteiger partial charge on any atom is -0.396 e. The quantitative estimate of drug-likeness (QED) is 0.0899. The Hall–Kier alpha value is -4.48. The minimum atomic E-state index is -0.289. The number of fused-ring (bicyclic) bond motifs is 2. The molecule has 2 saturated heterocycles. The molecule has 2 amide bonds. The molecule has 14 nitrogen and oxygen atoms in total. The lowest BCUT2D eigenvalue weighted by Crippen LogP contribution is -2.36. The van der Waals surface area contributed by atoms with E-state index >= 15 is 0 Å². The number of aromatic nitrogens is 6. The Morgan fingerprint density at radius 3 is 1.51 bits per heavy atom. The molecule has 61 heavy (non-hydrogen) atoms. The number of hydrogen-bond donors (Lipinski definition) is 5. The van der Waals surface area contributed by atoms with Gasteiger partial charge in [0.25, 0.3) is 11.8 Å². The van der Waals surface area contributed by atoms with Gasteiger partial charge in [-0.05, 0) is 90.7 Å². The molecule has 324 valence electrons. The highest BCUT2D eigenvalue weighted by Gasteiger charge is 2.27. The number of nitrogens with zero attached hydrogens (tertiary/aromatic N) is 7. The third-order valence-corrected chi connectivity index (χ3v) is 12.0. The molecular formula is C44H53BrCl2N10O4. The number of rotatable bonds is 9. The molecule has 0 atom stereocenters. The topological polar surface area (TPSA) is 175 Å². The van der Waals surface area contributed by atoms with Crippen LogP contribution in [0.25, 0.3) is 22.1 Å². The molecule has 8 rings (SSSR count). The molecule has 0 bridgehead atoms. The third-order valence-electron chi connectivity index (χ3n) is 10.8. The third kappa shape index (κ3) is 11.1. The molecule has 2 aliphatic heterocycles. The molecule has 0 aliphatic carbocycles. The van der Waals surface area contributed by atoms with E-state index in [2.05, 4.69) is 51.8 Å². The second-order valence-corrected chi connectivity index (χ2v) is 16.8. The predicted octanol–water partition coefficient (Wildman–Crippen LogP) is 7.83. The monoisotopic (exact) mass is 934 g/mol. The average molecular weight is 937 g/mol. The highest BCUT2D eigenvalue weighted by Crippen LogP contribution is 2.34. The van der Waals surface area contributed by atoms with Crippen molar-refractivity contribution in [1.82, 2.24) is 39.7 Å². The normalized spacial score (nSPS) is 14.9. The smallest absolute Gasteiger partial charge is 0.258 e. The van der Waals surface area contributed by atoms with Crippen LogP contribution >= 0.6 is 39.1 Å². The molecule has 0 radical (unpaired) electrons. The van der Waals surface area contributed by atoms with Crippen LogP contribution in [0.1, 0.15) is 81.0 Å². The van der Waals surface area contributed by atoms with Gasteiger partial charge in [0.15, 0.2) is 11.3 Å². The van der Waals surface area contributed by atoms with E-state index in [9.17, 15) is 9.59 Å². The second-order valence-electron chi connectivity index (χ2n) is 15.3. The van der Waals surface area contributed by atoms with Gasteiger partial charge in [-0.1, -0.05) is 74.5 Å². The van der Waals surface area contributed by atoms with Crippen LogP contribution in [0.3, 0.4) is 0 Å². The van der Waals surface area contributed by atoms with Gasteiger partial charge in [-0.15, -0.1) is 0 Å². The van der Waals surface area contributed by atoms with Crippen LogP contribution in [0.4, 0.5) is 11.4 Å². The van der Waals surface area contributed by atoms with Gasteiger partial charge in [-0.3, -0.25) is 9.59 Å². The van der Waals surface area contributed by atoms with E-state index < -0.39 is 0 Å². The summed E-state index contributed by atoms with van der Waals surface area (Å²) in [7, 11) is 0. The fourth-order valence-corrected chi connectivity index (χ4v) is 8.25. The molecule has 5 N–H and O–H groups in total. The minimum absolute atomic E-state index is 0.180. The maximum atomic E-state index is 12.8. The maximum absolute atomic E-state index is 12.8. The van der Waals surface area contributed by atoms with Crippen molar-refractivity contribution in [2.75, 3.05) is 61.9 Å². The molecule has 0 spiro atoms. The lowest BCUT2D eigenvalue weighted by molar-refractivity contribution is 0.101. The van der Waals surface area contributed by atoms with Gasteiger partial charge in [-0.2, -0.15) is 10.2 Å². The lowest BCUT2D eigenvalue weighted by atomic mass is 10.1. The summed E-state index contributed by atoms with van der Waals surface area (Å²) >= 11 is 16.3. The number of aryl methyl sites for hydroxylation is 4. The summed E-state index contributed by atoms with van der Waals surface area (Å²) in [5.41, 5.74) is 7.42. The second kappa shape index (κ2) is 21.5. The van der Waals surface area contributed by atoms with Crippen LogP contribution in [0.2, 0.25) is 10.0 Å². The maximum Gasteiger partial charge on any atom is 0.258 e. The molecule has 2 aromatic carbocycles. The SMILES string of the molecule is Cc1ccc(NC(=O)c2cnc3c(c(C)nn3C3CCN(CCO)CC3)c2Cl)cc1.Cc1ccc(NC(=O)c2cnc3c(c(C)nn3C3CCNCC3)c2Cl)cc1.OCCBr. The summed E-state index contributed by atoms with van der Waals surface area (Å²) in [6.07, 6.45) is 6.96. The van der Waals surface area contributed by atoms with Crippen LogP contribution in [0.15, 0.2) is 60.9 Å². The Kier molecular flexibility index (Phi) is 16.3. The number of aliphatic hydroxyl groups is 2. The van der Waals surface area contributed by atoms with E-state index in [1.165, 1.54) is 6.20 Å². The molecule has 6 aromatic rings. The van der Waals surface area contributed by atoms with Crippen molar-refractivity contribution < 1.29 is 19.8 Å². The van der Waals surface area contributed by atoms with Crippen molar-refractivity contribution in [3.8, 4) is 0 Å². The Balaban J connectivity index is 0.000000189. The molecule has 0 saturated carbocycles. The number of anilines is 2. The van der Waals surface area contributed by atoms with Gasteiger partial charge in [0.1, 0.15) is 0 Å². The van der Waals surface area contributed by atoms with Gasteiger partial charge < -0.3 is 31.1 Å². The standard InChI is InChI=1S/C22H26ClN5O2.C20H22ClN5O.C2H5BrO/c1-14-3-5-16(6-4-14)25-22(30)18-13-24-21-19(20(18)23)15(2)26-28(21)17-7-9-27(10-8-17)11-12-29;1-12-3-5-14(6-4-12)24-20(27)16-11-23-19-17(18(16)21)13(2)25-26(19)15-7-9-22-10-8-15;3-1-2-4/h3-6,13,17,29H,7-12H2,1-2H3,(H,25,30);3-6,11,15,22H,7-10H2,1-2H3,(H,24,27);4H,1-2H2. The number of β-amino-alcohol motifs (C(OH)–C–C–N with tert-alkyl or cyclic N) is 1. The zero-order chi connectivity index (χ0) is 43.6. The number of halogens is 3. The van der Waals surface area contributed by atoms with Crippen LogP contribution in [-0.2, 0) is 0 Å². The number of carbonyl (C=O) groups excluding carboxylic acids is 2. The number of benzene rings is 2. The highest BCUT2D eigenvalue weighted by molar-refractivity contribution is 9.09. The highest BCUT2D eigenvalue weighted by atomic mass is 79.9. The number of nitrogens with one attached hydrogen (secondary N) is 3. The predicted molar refractivity (Wildman–Crippen MR) is 247 cm³/mol. The number of likely N-dealkylation sites (tertiary alicyclic amines) is 1. The molecule has 2 aliphatic rings. The summed E-state index contributed by atoms with van der Waals surface area (Å²) in [5.74, 6) is -0.560. The van der Waals surface area contributed by atoms with Crippen molar-refractivity contribution >= 4 is 84.4 Å². The Labute approximate surface area is 374 Å². The van der Waals surface area contributed by atoms with E-state index in [0.717, 1.165) is 96.5 Å². The first-order valence-corrected chi connectivity index (χ1v) is 22.3. The number of pyridine rings is 2. The first-order chi connectivity index (χ1) is 29.4. The van der Waals surface area contributed by atoms with Crippen molar-refractivity contribution in [3.63, 3.8) is 0 Å². The van der Waals surface area contributed by atoms with Gasteiger partial charge in [0, 0.05) is 48.7 Å². The number of aliphatic hydroxyl groups excluding tert-OH is 2. The van der Waals surface area contributed by atoms with E-state index in [1.54, 1.807) is 6.20 Å². The van der Waals surface area contributed by atoms with Crippen LogP contribution in [-0.4, -0.2) is 108 Å². The van der Waals surface area contributed by atoms with E-state index in [0.29, 0.717) is 50.4 Å². The van der Waals surface area contributed by atoms with Crippen LogP contribution < -0.4 is 16.0 Å². The van der Waals surface area contributed by atoms with Crippen molar-refractivity contribution in [3.05, 3.63) is 105 Å². The summed E-state index contributed by atoms with van der Waals surface area (Å²) < 4.78 is 3.92. The summed E-state index contributed by atoms with van der Waals surface area (Å²) in [6.45, 7) is 12.7. The molecule has 2 fully saturated rings. The van der Waals surface area contributed by atoms with Crippen molar-refractivity contribution in [2.45, 2.75) is 65.5 Å². The van der Waals surface area contributed by atoms with Crippen LogP contribution in [0.5, 0.6) is 0 Å². The molecule has 6 heterocycles. The summed E-state index contributed by atoms with van der Waals surface area (Å²) in [5, 5.41) is 38.4. The van der Waals surface area contributed by atoms with E-state index in [4.69, 9.17) is 38.5 Å². The number of piperidine rings is 2. The van der Waals surface area contributed by atoms with Gasteiger partial charge in [-0.25, -0.2) is 19.3 Å². The average Bonchev–Trinajstić information content (AvgIpc) is 3.80. The molecule has 0 unspecified atom stereocenters. The largest absolute Gasteiger partial charge is 0.396 e. The van der Waals surface area contributed by atoms with E-state index in [1.807, 2.05) is 85.6 Å². The van der Waals surface area contributed by atoms with Crippen molar-refractivity contribution in [2.24, 2.45) is 0 Å². The molecular weight excluding hydrogens is 883 g/mol. The van der Waals surface area contributed by atoms with Crippen molar-refractivity contribution in [1.29, 1.82) is 0 Å². The fraction of sp³-hybridized carbons (Fsp3) is 0.409. The Morgan fingerprint density at radius 2 is 1.11 bits per heavy atom. The molecule has 17 heteroatoms. The van der Waals surface area contributed by atoms with Crippen LogP contribution in [0, 0.1) is 27.7 Å². The Morgan fingerprint density at radius 1 is 0.705 bits per heavy atom. The number of carbonyl (C=O) groups is 2. The first kappa shape index (κ1) is 46.0. The fourth-order valence-electron chi connectivity index (χ4n) is 7.54. The summed E-state index contributed by atoms with van der Waals surface area (Å²) in [4.78, 5) is 36.9.